The third kappa shape index (κ3) is 2.58. The molecule has 0 N–H and O–H groups in total. The summed E-state index contributed by atoms with van der Waals surface area (Å²) in [6.45, 7) is 2.90. The van der Waals surface area contributed by atoms with E-state index in [0.29, 0.717) is 26.1 Å². The molecule has 0 amide bonds. The maximum absolute atomic E-state index is 11.9. The molecule has 0 bridgehead atoms. The summed E-state index contributed by atoms with van der Waals surface area (Å²) in [7, 11) is 0. The maximum atomic E-state index is 11.9. The molecule has 0 aromatic heterocycles. The van der Waals surface area contributed by atoms with Gasteiger partial charge in [-0.1, -0.05) is 13.0 Å². The van der Waals surface area contributed by atoms with E-state index in [1.54, 1.807) is 6.92 Å². The van der Waals surface area contributed by atoms with Crippen molar-refractivity contribution in [2.24, 2.45) is 11.8 Å². The topological polar surface area (TPSA) is 60.4 Å². The van der Waals surface area contributed by atoms with Gasteiger partial charge in [-0.15, -0.1) is 0 Å². The minimum absolute atomic E-state index is 0.0498. The Bertz CT molecular complexity index is 390. The molecule has 0 aromatic carbocycles. The van der Waals surface area contributed by atoms with Gasteiger partial charge in [-0.3, -0.25) is 14.4 Å². The van der Waals surface area contributed by atoms with Crippen molar-refractivity contribution in [1.82, 2.24) is 0 Å². The van der Waals surface area contributed by atoms with Crippen molar-refractivity contribution in [1.29, 1.82) is 0 Å². The number of carbonyl (C=O) groups excluding carboxylic acids is 3. The molecule has 1 saturated carbocycles. The SMILES string of the molecule is CCC(=O)C1C(=O)CC(C2=CCCOC2)CC1=O. The average molecular weight is 250 g/mol. The van der Waals surface area contributed by atoms with Crippen molar-refractivity contribution < 1.29 is 19.1 Å². The molecule has 0 saturated heterocycles. The van der Waals surface area contributed by atoms with Crippen molar-refractivity contribution in [2.75, 3.05) is 13.2 Å². The second-order valence-electron chi connectivity index (χ2n) is 4.91. The first-order valence-corrected chi connectivity index (χ1v) is 6.48. The minimum Gasteiger partial charge on any atom is -0.377 e. The van der Waals surface area contributed by atoms with E-state index >= 15 is 0 Å². The summed E-state index contributed by atoms with van der Waals surface area (Å²) >= 11 is 0. The van der Waals surface area contributed by atoms with E-state index in [-0.39, 0.29) is 29.7 Å². The standard InChI is InChI=1S/C14H18O4/c1-2-11(15)14-12(16)6-10(7-13(14)17)9-4-3-5-18-8-9/h4,10,14H,2-3,5-8H2,1H3. The first-order chi connectivity index (χ1) is 8.63. The fourth-order valence-electron chi connectivity index (χ4n) is 2.66. The maximum Gasteiger partial charge on any atom is 0.151 e. The van der Waals surface area contributed by atoms with Crippen molar-refractivity contribution in [3.8, 4) is 0 Å². The van der Waals surface area contributed by atoms with Crippen LogP contribution in [0.1, 0.15) is 32.6 Å². The van der Waals surface area contributed by atoms with Crippen molar-refractivity contribution >= 4 is 17.3 Å². The van der Waals surface area contributed by atoms with Crippen molar-refractivity contribution in [3.63, 3.8) is 0 Å². The van der Waals surface area contributed by atoms with E-state index in [1.165, 1.54) is 0 Å². The molecule has 0 spiro atoms. The van der Waals surface area contributed by atoms with Crippen LogP contribution in [0.2, 0.25) is 0 Å². The summed E-state index contributed by atoms with van der Waals surface area (Å²) in [5, 5.41) is 0. The normalized spacial score (nSPS) is 29.1. The number of Topliss-reactive ketones (excluding diaryl/α,β-unsaturated/α-hetero) is 3. The van der Waals surface area contributed by atoms with Crippen LogP contribution in [-0.2, 0) is 19.1 Å². The van der Waals surface area contributed by atoms with E-state index in [9.17, 15) is 14.4 Å². The van der Waals surface area contributed by atoms with E-state index in [2.05, 4.69) is 6.08 Å². The van der Waals surface area contributed by atoms with Gasteiger partial charge in [-0.25, -0.2) is 0 Å². The molecular weight excluding hydrogens is 232 g/mol. The summed E-state index contributed by atoms with van der Waals surface area (Å²) in [6, 6.07) is 0. The molecule has 4 nitrogen and oxygen atoms in total. The van der Waals surface area contributed by atoms with Gasteiger partial charge in [0.25, 0.3) is 0 Å². The predicted octanol–water partition coefficient (Wildman–Crippen LogP) is 1.48. The van der Waals surface area contributed by atoms with Crippen LogP contribution in [0.5, 0.6) is 0 Å². The molecule has 1 heterocycles. The lowest BCUT2D eigenvalue weighted by Crippen LogP contribution is -2.39. The monoisotopic (exact) mass is 250 g/mol. The van der Waals surface area contributed by atoms with Crippen LogP contribution in [-0.4, -0.2) is 30.6 Å². The predicted molar refractivity (Wildman–Crippen MR) is 65.0 cm³/mol. The van der Waals surface area contributed by atoms with Gasteiger partial charge in [0.15, 0.2) is 17.3 Å². The van der Waals surface area contributed by atoms with Crippen LogP contribution >= 0.6 is 0 Å². The van der Waals surface area contributed by atoms with E-state index in [4.69, 9.17) is 4.74 Å². The Balaban J connectivity index is 2.09. The summed E-state index contributed by atoms with van der Waals surface area (Å²) in [5.74, 6) is -1.70. The molecule has 0 unspecified atom stereocenters. The molecule has 0 atom stereocenters. The zero-order valence-corrected chi connectivity index (χ0v) is 10.6. The fraction of sp³-hybridized carbons (Fsp3) is 0.643. The van der Waals surface area contributed by atoms with Crippen molar-refractivity contribution in [2.45, 2.75) is 32.6 Å². The van der Waals surface area contributed by atoms with Gasteiger partial charge >= 0.3 is 0 Å². The summed E-state index contributed by atoms with van der Waals surface area (Å²) in [6.07, 6.45) is 3.76. The van der Waals surface area contributed by atoms with Crippen LogP contribution in [0, 0.1) is 11.8 Å². The number of hydrogen-bond acceptors (Lipinski definition) is 4. The molecule has 98 valence electrons. The zero-order valence-electron chi connectivity index (χ0n) is 10.6. The third-order valence-corrected chi connectivity index (χ3v) is 3.67. The van der Waals surface area contributed by atoms with E-state index < -0.39 is 5.92 Å². The van der Waals surface area contributed by atoms with Gasteiger partial charge in [-0.05, 0) is 17.9 Å². The van der Waals surface area contributed by atoms with Gasteiger partial charge in [0.1, 0.15) is 5.92 Å². The second-order valence-corrected chi connectivity index (χ2v) is 4.91. The Morgan fingerprint density at radius 1 is 1.33 bits per heavy atom. The van der Waals surface area contributed by atoms with E-state index in [1.807, 2.05) is 0 Å². The number of hydrogen-bond donors (Lipinski definition) is 0. The molecule has 1 aliphatic carbocycles. The van der Waals surface area contributed by atoms with Gasteiger partial charge in [0, 0.05) is 19.3 Å². The number of ether oxygens (including phenoxy) is 1. The van der Waals surface area contributed by atoms with Crippen LogP contribution < -0.4 is 0 Å². The Morgan fingerprint density at radius 2 is 2.00 bits per heavy atom. The van der Waals surface area contributed by atoms with Crippen molar-refractivity contribution in [3.05, 3.63) is 11.6 Å². The van der Waals surface area contributed by atoms with Gasteiger partial charge in [0.05, 0.1) is 13.2 Å². The molecular formula is C14H18O4. The number of ketones is 3. The van der Waals surface area contributed by atoms with Crippen LogP contribution in [0.25, 0.3) is 0 Å². The molecule has 1 aliphatic heterocycles. The third-order valence-electron chi connectivity index (χ3n) is 3.67. The first kappa shape index (κ1) is 13.1. The molecule has 2 rings (SSSR count). The minimum atomic E-state index is -0.989. The lowest BCUT2D eigenvalue weighted by molar-refractivity contribution is -0.143. The van der Waals surface area contributed by atoms with Crippen LogP contribution in [0.15, 0.2) is 11.6 Å². The molecule has 18 heavy (non-hydrogen) atoms. The molecule has 1 fully saturated rings. The average Bonchev–Trinajstić information content (AvgIpc) is 2.38. The van der Waals surface area contributed by atoms with Crippen LogP contribution in [0.4, 0.5) is 0 Å². The fourth-order valence-corrected chi connectivity index (χ4v) is 2.66. The largest absolute Gasteiger partial charge is 0.377 e. The zero-order chi connectivity index (χ0) is 13.1. The van der Waals surface area contributed by atoms with Gasteiger partial charge in [0.2, 0.25) is 0 Å². The number of rotatable bonds is 3. The molecule has 0 radical (unpaired) electrons. The molecule has 4 heteroatoms. The molecule has 2 aliphatic rings. The smallest absolute Gasteiger partial charge is 0.151 e. The van der Waals surface area contributed by atoms with Gasteiger partial charge < -0.3 is 4.74 Å². The summed E-state index contributed by atoms with van der Waals surface area (Å²) in [5.41, 5.74) is 1.05. The Hall–Kier alpha value is -1.29. The Morgan fingerprint density at radius 3 is 2.50 bits per heavy atom. The highest BCUT2D eigenvalue weighted by molar-refractivity contribution is 6.20. The molecule has 0 aromatic rings. The van der Waals surface area contributed by atoms with Crippen LogP contribution in [0.3, 0.4) is 0 Å². The lowest BCUT2D eigenvalue weighted by atomic mass is 9.74. The highest BCUT2D eigenvalue weighted by Crippen LogP contribution is 2.31. The summed E-state index contributed by atoms with van der Waals surface area (Å²) in [4.78, 5) is 35.5. The second kappa shape index (κ2) is 5.57. The highest BCUT2D eigenvalue weighted by atomic mass is 16.5. The number of carbonyl (C=O) groups is 3. The quantitative estimate of drug-likeness (QED) is 0.562. The Labute approximate surface area is 106 Å². The summed E-state index contributed by atoms with van der Waals surface area (Å²) < 4.78 is 5.34. The van der Waals surface area contributed by atoms with Gasteiger partial charge in [-0.2, -0.15) is 0 Å². The Kier molecular flexibility index (Phi) is 4.07. The first-order valence-electron chi connectivity index (χ1n) is 6.48. The lowest BCUT2D eigenvalue weighted by Gasteiger charge is -2.28. The highest BCUT2D eigenvalue weighted by Gasteiger charge is 2.40. The van der Waals surface area contributed by atoms with E-state index in [0.717, 1.165) is 12.0 Å².